The Hall–Kier alpha value is -1.12. The van der Waals surface area contributed by atoms with E-state index in [1.165, 1.54) is 16.7 Å². The van der Waals surface area contributed by atoms with Crippen LogP contribution in [0.4, 0.5) is 0 Å². The predicted octanol–water partition coefficient (Wildman–Crippen LogP) is 4.21. The first-order valence-electron chi connectivity index (χ1n) is 6.53. The summed E-state index contributed by atoms with van der Waals surface area (Å²) in [5.41, 5.74) is 4.86. The van der Waals surface area contributed by atoms with Crippen LogP contribution in [-0.2, 0) is 12.8 Å². The molecule has 0 amide bonds. The number of aryl methyl sites for hydroxylation is 2. The maximum Gasteiger partial charge on any atom is 0.0621 e. The van der Waals surface area contributed by atoms with Crippen LogP contribution in [0.15, 0.2) is 46.9 Å². The summed E-state index contributed by atoms with van der Waals surface area (Å²) in [5.74, 6) is 0. The van der Waals surface area contributed by atoms with Gasteiger partial charge in [0.1, 0.15) is 0 Å². The fraction of sp³-hybridized carbons (Fsp3) is 0.294. The summed E-state index contributed by atoms with van der Waals surface area (Å²) >= 11 is 3.52. The Morgan fingerprint density at radius 2 is 1.63 bits per heavy atom. The van der Waals surface area contributed by atoms with Crippen LogP contribution in [0.3, 0.4) is 0 Å². The van der Waals surface area contributed by atoms with Crippen molar-refractivity contribution in [2.75, 3.05) is 0 Å². The van der Waals surface area contributed by atoms with Crippen LogP contribution >= 0.6 is 15.9 Å². The molecule has 0 saturated carbocycles. The molecule has 1 atom stereocenters. The number of benzene rings is 2. The summed E-state index contributed by atoms with van der Waals surface area (Å²) in [6.07, 6.45) is 1.03. The summed E-state index contributed by atoms with van der Waals surface area (Å²) in [4.78, 5) is 0. The minimum atomic E-state index is -0.347. The SMILES string of the molecule is Cc1cc(C)cc(CC(O)Cc2ccccc2Br)c1. The van der Waals surface area contributed by atoms with Gasteiger partial charge in [-0.05, 0) is 43.9 Å². The van der Waals surface area contributed by atoms with Crippen LogP contribution < -0.4 is 0 Å². The number of aliphatic hydroxyl groups is 1. The molecular weight excluding hydrogens is 300 g/mol. The second-order valence-electron chi connectivity index (χ2n) is 5.15. The van der Waals surface area contributed by atoms with Gasteiger partial charge in [0.25, 0.3) is 0 Å². The Balaban J connectivity index is 2.05. The molecule has 0 aromatic heterocycles. The van der Waals surface area contributed by atoms with Crippen LogP contribution in [0, 0.1) is 13.8 Å². The Kier molecular flexibility index (Phi) is 4.78. The lowest BCUT2D eigenvalue weighted by atomic mass is 9.99. The van der Waals surface area contributed by atoms with Crippen molar-refractivity contribution in [2.45, 2.75) is 32.8 Å². The average molecular weight is 319 g/mol. The van der Waals surface area contributed by atoms with Gasteiger partial charge in [-0.1, -0.05) is 63.5 Å². The third-order valence-corrected chi connectivity index (χ3v) is 3.94. The highest BCUT2D eigenvalue weighted by Gasteiger charge is 2.09. The van der Waals surface area contributed by atoms with Crippen molar-refractivity contribution < 1.29 is 5.11 Å². The molecule has 0 radical (unpaired) electrons. The monoisotopic (exact) mass is 318 g/mol. The van der Waals surface area contributed by atoms with Crippen molar-refractivity contribution in [2.24, 2.45) is 0 Å². The van der Waals surface area contributed by atoms with Gasteiger partial charge in [0.05, 0.1) is 6.10 Å². The van der Waals surface area contributed by atoms with E-state index in [-0.39, 0.29) is 6.10 Å². The second-order valence-corrected chi connectivity index (χ2v) is 6.00. The van der Waals surface area contributed by atoms with E-state index in [1.807, 2.05) is 18.2 Å². The predicted molar refractivity (Wildman–Crippen MR) is 83.5 cm³/mol. The first-order chi connectivity index (χ1) is 9.04. The molecule has 0 aliphatic carbocycles. The Bertz CT molecular complexity index is 543. The van der Waals surface area contributed by atoms with Gasteiger partial charge in [-0.3, -0.25) is 0 Å². The molecule has 0 bridgehead atoms. The minimum Gasteiger partial charge on any atom is -0.392 e. The molecule has 0 aliphatic rings. The zero-order valence-electron chi connectivity index (χ0n) is 11.4. The molecule has 2 aromatic carbocycles. The van der Waals surface area contributed by atoms with Gasteiger partial charge in [-0.15, -0.1) is 0 Å². The van der Waals surface area contributed by atoms with Crippen LogP contribution in [0.25, 0.3) is 0 Å². The van der Waals surface area contributed by atoms with Gasteiger partial charge in [0.15, 0.2) is 0 Å². The quantitative estimate of drug-likeness (QED) is 0.895. The van der Waals surface area contributed by atoms with Gasteiger partial charge >= 0.3 is 0 Å². The van der Waals surface area contributed by atoms with Gasteiger partial charge in [-0.25, -0.2) is 0 Å². The topological polar surface area (TPSA) is 20.2 Å². The summed E-state index contributed by atoms with van der Waals surface area (Å²) in [7, 11) is 0. The molecule has 2 aromatic rings. The van der Waals surface area contributed by atoms with Gasteiger partial charge < -0.3 is 5.11 Å². The fourth-order valence-corrected chi connectivity index (χ4v) is 2.90. The first kappa shape index (κ1) is 14.3. The molecule has 1 nitrogen and oxygen atoms in total. The molecule has 0 fully saturated rings. The zero-order valence-corrected chi connectivity index (χ0v) is 12.9. The summed E-state index contributed by atoms with van der Waals surface area (Å²) in [6, 6.07) is 14.5. The molecule has 2 rings (SSSR count). The van der Waals surface area contributed by atoms with Crippen molar-refractivity contribution in [3.05, 3.63) is 69.2 Å². The number of hydrogen-bond acceptors (Lipinski definition) is 1. The van der Waals surface area contributed by atoms with E-state index in [0.29, 0.717) is 12.8 Å². The van der Waals surface area contributed by atoms with E-state index in [0.717, 1.165) is 10.0 Å². The van der Waals surface area contributed by atoms with Crippen molar-refractivity contribution in [1.82, 2.24) is 0 Å². The second kappa shape index (κ2) is 6.36. The van der Waals surface area contributed by atoms with E-state index in [9.17, 15) is 5.11 Å². The third kappa shape index (κ3) is 4.19. The van der Waals surface area contributed by atoms with E-state index in [4.69, 9.17) is 0 Å². The standard InChI is InChI=1S/C17H19BrO/c1-12-7-13(2)9-14(8-12)10-16(19)11-15-5-3-4-6-17(15)18/h3-9,16,19H,10-11H2,1-2H3. The Morgan fingerprint density at radius 3 is 2.26 bits per heavy atom. The molecule has 19 heavy (non-hydrogen) atoms. The van der Waals surface area contributed by atoms with Gasteiger partial charge in [0.2, 0.25) is 0 Å². The molecule has 0 heterocycles. The Morgan fingerprint density at radius 1 is 1.00 bits per heavy atom. The normalized spacial score (nSPS) is 12.4. The van der Waals surface area contributed by atoms with Crippen LogP contribution in [0.5, 0.6) is 0 Å². The van der Waals surface area contributed by atoms with Gasteiger partial charge in [0, 0.05) is 4.47 Å². The lowest BCUT2D eigenvalue weighted by Crippen LogP contribution is -2.14. The van der Waals surface area contributed by atoms with Gasteiger partial charge in [-0.2, -0.15) is 0 Å². The van der Waals surface area contributed by atoms with Crippen LogP contribution in [0.1, 0.15) is 22.3 Å². The van der Waals surface area contributed by atoms with Crippen molar-refractivity contribution in [3.63, 3.8) is 0 Å². The molecule has 0 saturated heterocycles. The molecule has 1 N–H and O–H groups in total. The minimum absolute atomic E-state index is 0.347. The molecule has 0 spiro atoms. The molecular formula is C17H19BrO. The average Bonchev–Trinajstić information content (AvgIpc) is 2.30. The van der Waals surface area contributed by atoms with E-state index < -0.39 is 0 Å². The van der Waals surface area contributed by atoms with Crippen molar-refractivity contribution in [1.29, 1.82) is 0 Å². The number of halogens is 1. The lowest BCUT2D eigenvalue weighted by Gasteiger charge is -2.13. The van der Waals surface area contributed by atoms with E-state index in [1.54, 1.807) is 0 Å². The highest BCUT2D eigenvalue weighted by molar-refractivity contribution is 9.10. The molecule has 0 aliphatic heterocycles. The van der Waals surface area contributed by atoms with E-state index >= 15 is 0 Å². The molecule has 2 heteroatoms. The number of hydrogen-bond donors (Lipinski definition) is 1. The first-order valence-corrected chi connectivity index (χ1v) is 7.32. The lowest BCUT2D eigenvalue weighted by molar-refractivity contribution is 0.175. The largest absolute Gasteiger partial charge is 0.392 e. The zero-order chi connectivity index (χ0) is 13.8. The molecule has 1 unspecified atom stereocenters. The fourth-order valence-electron chi connectivity index (χ4n) is 2.45. The third-order valence-electron chi connectivity index (χ3n) is 3.17. The molecule has 100 valence electrons. The highest BCUT2D eigenvalue weighted by Crippen LogP contribution is 2.19. The Labute approximate surface area is 123 Å². The maximum absolute atomic E-state index is 10.2. The highest BCUT2D eigenvalue weighted by atomic mass is 79.9. The van der Waals surface area contributed by atoms with Crippen molar-refractivity contribution in [3.8, 4) is 0 Å². The van der Waals surface area contributed by atoms with Crippen LogP contribution in [0.2, 0.25) is 0 Å². The maximum atomic E-state index is 10.2. The van der Waals surface area contributed by atoms with Crippen LogP contribution in [-0.4, -0.2) is 11.2 Å². The van der Waals surface area contributed by atoms with Crippen molar-refractivity contribution >= 4 is 15.9 Å². The number of aliphatic hydroxyl groups excluding tert-OH is 1. The van der Waals surface area contributed by atoms with E-state index in [2.05, 4.69) is 54.0 Å². The number of rotatable bonds is 4. The summed E-state index contributed by atoms with van der Waals surface area (Å²) < 4.78 is 1.06. The smallest absolute Gasteiger partial charge is 0.0621 e. The summed E-state index contributed by atoms with van der Waals surface area (Å²) in [6.45, 7) is 4.19. The summed E-state index contributed by atoms with van der Waals surface area (Å²) in [5, 5.41) is 10.2.